The number of aromatic nitrogens is 2. The van der Waals surface area contributed by atoms with E-state index in [0.29, 0.717) is 6.54 Å². The highest BCUT2D eigenvalue weighted by Gasteiger charge is 2.04. The Labute approximate surface area is 118 Å². The van der Waals surface area contributed by atoms with Crippen LogP contribution in [0.4, 0.5) is 0 Å². The van der Waals surface area contributed by atoms with Crippen molar-refractivity contribution >= 4 is 0 Å². The Morgan fingerprint density at radius 2 is 1.55 bits per heavy atom. The minimum absolute atomic E-state index is 0.547. The Hall–Kier alpha value is -2.52. The van der Waals surface area contributed by atoms with Crippen molar-refractivity contribution in [3.05, 3.63) is 72.4 Å². The first-order valence-corrected chi connectivity index (χ1v) is 6.54. The zero-order valence-corrected chi connectivity index (χ0v) is 11.0. The van der Waals surface area contributed by atoms with E-state index >= 15 is 0 Å². The van der Waals surface area contributed by atoms with Gasteiger partial charge in [-0.05, 0) is 11.6 Å². The number of rotatable bonds is 3. The van der Waals surface area contributed by atoms with Gasteiger partial charge in [0.05, 0.1) is 5.69 Å². The molecule has 2 N–H and O–H groups in total. The first kappa shape index (κ1) is 12.5. The molecule has 1 heterocycles. The van der Waals surface area contributed by atoms with Gasteiger partial charge in [-0.3, -0.25) is 0 Å². The summed E-state index contributed by atoms with van der Waals surface area (Å²) in [6, 6.07) is 20.1. The normalized spacial score (nSPS) is 10.4. The van der Waals surface area contributed by atoms with Crippen LogP contribution in [0.25, 0.3) is 22.6 Å². The van der Waals surface area contributed by atoms with Gasteiger partial charge in [0.1, 0.15) is 0 Å². The fourth-order valence-corrected chi connectivity index (χ4v) is 2.06. The molecule has 0 spiro atoms. The SMILES string of the molecule is NCc1ccc(-c2nccc(-c3ccccc3)n2)cc1. The first-order valence-electron chi connectivity index (χ1n) is 6.54. The van der Waals surface area contributed by atoms with Crippen LogP contribution < -0.4 is 5.73 Å². The average Bonchev–Trinajstić information content (AvgIpc) is 2.56. The molecule has 3 rings (SSSR count). The predicted molar refractivity (Wildman–Crippen MR) is 80.8 cm³/mol. The Balaban J connectivity index is 1.98. The third kappa shape index (κ3) is 2.58. The van der Waals surface area contributed by atoms with Crippen LogP contribution in [0.5, 0.6) is 0 Å². The van der Waals surface area contributed by atoms with Crippen LogP contribution in [0, 0.1) is 0 Å². The lowest BCUT2D eigenvalue weighted by Crippen LogP contribution is -1.96. The van der Waals surface area contributed by atoms with E-state index < -0.39 is 0 Å². The lowest BCUT2D eigenvalue weighted by atomic mass is 10.1. The van der Waals surface area contributed by atoms with Gasteiger partial charge in [0.2, 0.25) is 0 Å². The summed E-state index contributed by atoms with van der Waals surface area (Å²) < 4.78 is 0. The molecule has 20 heavy (non-hydrogen) atoms. The Kier molecular flexibility index (Phi) is 3.52. The van der Waals surface area contributed by atoms with Crippen LogP contribution in [0.3, 0.4) is 0 Å². The van der Waals surface area contributed by atoms with Gasteiger partial charge < -0.3 is 5.73 Å². The van der Waals surface area contributed by atoms with Crippen molar-refractivity contribution in [3.63, 3.8) is 0 Å². The number of hydrogen-bond donors (Lipinski definition) is 1. The van der Waals surface area contributed by atoms with Crippen molar-refractivity contribution in [3.8, 4) is 22.6 Å². The minimum atomic E-state index is 0.547. The third-order valence-corrected chi connectivity index (χ3v) is 3.17. The molecule has 0 atom stereocenters. The van der Waals surface area contributed by atoms with E-state index in [9.17, 15) is 0 Å². The second kappa shape index (κ2) is 5.63. The van der Waals surface area contributed by atoms with E-state index in [-0.39, 0.29) is 0 Å². The Bertz CT molecular complexity index is 691. The lowest BCUT2D eigenvalue weighted by Gasteiger charge is -2.05. The maximum atomic E-state index is 5.61. The highest BCUT2D eigenvalue weighted by molar-refractivity contribution is 5.63. The molecule has 0 aliphatic rings. The standard InChI is InChI=1S/C17H15N3/c18-12-13-6-8-15(9-7-13)17-19-11-10-16(20-17)14-4-2-1-3-5-14/h1-11H,12,18H2. The van der Waals surface area contributed by atoms with Crippen LogP contribution in [0.15, 0.2) is 66.9 Å². The van der Waals surface area contributed by atoms with Crippen molar-refractivity contribution in [2.45, 2.75) is 6.54 Å². The molecule has 2 aromatic carbocycles. The first-order chi connectivity index (χ1) is 9.86. The minimum Gasteiger partial charge on any atom is -0.326 e. The summed E-state index contributed by atoms with van der Waals surface area (Å²) in [4.78, 5) is 8.97. The van der Waals surface area contributed by atoms with Crippen LogP contribution in [0.2, 0.25) is 0 Å². The Morgan fingerprint density at radius 3 is 2.25 bits per heavy atom. The molecule has 3 nitrogen and oxygen atoms in total. The molecule has 3 aromatic rings. The summed E-state index contributed by atoms with van der Waals surface area (Å²) in [5, 5.41) is 0. The second-order valence-corrected chi connectivity index (χ2v) is 4.53. The van der Waals surface area contributed by atoms with Crippen LogP contribution in [-0.2, 0) is 6.54 Å². The van der Waals surface area contributed by atoms with Gasteiger partial charge in [-0.2, -0.15) is 0 Å². The van der Waals surface area contributed by atoms with Crippen molar-refractivity contribution in [2.24, 2.45) is 5.73 Å². The fourth-order valence-electron chi connectivity index (χ4n) is 2.06. The molecule has 0 aliphatic carbocycles. The topological polar surface area (TPSA) is 51.8 Å². The molecule has 0 radical (unpaired) electrons. The predicted octanol–water partition coefficient (Wildman–Crippen LogP) is 3.27. The summed E-state index contributed by atoms with van der Waals surface area (Å²) in [5.41, 5.74) is 9.73. The zero-order chi connectivity index (χ0) is 13.8. The lowest BCUT2D eigenvalue weighted by molar-refractivity contribution is 1.07. The van der Waals surface area contributed by atoms with Crippen LogP contribution in [-0.4, -0.2) is 9.97 Å². The largest absolute Gasteiger partial charge is 0.326 e. The number of nitrogens with zero attached hydrogens (tertiary/aromatic N) is 2. The molecule has 98 valence electrons. The fraction of sp³-hybridized carbons (Fsp3) is 0.0588. The molecule has 0 bridgehead atoms. The van der Waals surface area contributed by atoms with E-state index in [2.05, 4.69) is 9.97 Å². The van der Waals surface area contributed by atoms with Crippen molar-refractivity contribution in [2.75, 3.05) is 0 Å². The molecule has 0 saturated heterocycles. The number of benzene rings is 2. The third-order valence-electron chi connectivity index (χ3n) is 3.17. The maximum Gasteiger partial charge on any atom is 0.159 e. The van der Waals surface area contributed by atoms with Gasteiger partial charge in [-0.25, -0.2) is 9.97 Å². The summed E-state index contributed by atoms with van der Waals surface area (Å²) in [7, 11) is 0. The van der Waals surface area contributed by atoms with E-state index in [0.717, 1.165) is 28.2 Å². The molecule has 0 unspecified atom stereocenters. The summed E-state index contributed by atoms with van der Waals surface area (Å²) in [5.74, 6) is 0.731. The second-order valence-electron chi connectivity index (χ2n) is 4.53. The highest BCUT2D eigenvalue weighted by atomic mass is 14.9. The average molecular weight is 261 g/mol. The molecule has 0 amide bonds. The van der Waals surface area contributed by atoms with Gasteiger partial charge in [-0.15, -0.1) is 0 Å². The number of nitrogens with two attached hydrogens (primary N) is 1. The van der Waals surface area contributed by atoms with Crippen molar-refractivity contribution in [1.82, 2.24) is 9.97 Å². The van der Waals surface area contributed by atoms with Gasteiger partial charge in [0, 0.05) is 23.9 Å². The summed E-state index contributed by atoms with van der Waals surface area (Å²) >= 11 is 0. The van der Waals surface area contributed by atoms with Crippen molar-refractivity contribution < 1.29 is 0 Å². The zero-order valence-electron chi connectivity index (χ0n) is 11.0. The molecule has 3 heteroatoms. The van der Waals surface area contributed by atoms with Gasteiger partial charge in [-0.1, -0.05) is 54.6 Å². The van der Waals surface area contributed by atoms with Gasteiger partial charge in [0.15, 0.2) is 5.82 Å². The number of hydrogen-bond acceptors (Lipinski definition) is 3. The Morgan fingerprint density at radius 1 is 0.800 bits per heavy atom. The van der Waals surface area contributed by atoms with Gasteiger partial charge >= 0.3 is 0 Å². The van der Waals surface area contributed by atoms with E-state index in [4.69, 9.17) is 5.73 Å². The molecular weight excluding hydrogens is 246 g/mol. The molecule has 0 saturated carbocycles. The van der Waals surface area contributed by atoms with Crippen LogP contribution >= 0.6 is 0 Å². The van der Waals surface area contributed by atoms with E-state index in [1.165, 1.54) is 0 Å². The molecule has 0 fully saturated rings. The van der Waals surface area contributed by atoms with E-state index in [1.54, 1.807) is 6.20 Å². The molecule has 0 aliphatic heterocycles. The quantitative estimate of drug-likeness (QED) is 0.787. The highest BCUT2D eigenvalue weighted by Crippen LogP contribution is 2.20. The van der Waals surface area contributed by atoms with Crippen LogP contribution in [0.1, 0.15) is 5.56 Å². The van der Waals surface area contributed by atoms with E-state index in [1.807, 2.05) is 60.7 Å². The smallest absolute Gasteiger partial charge is 0.159 e. The monoisotopic (exact) mass is 261 g/mol. The maximum absolute atomic E-state index is 5.61. The van der Waals surface area contributed by atoms with Gasteiger partial charge in [0.25, 0.3) is 0 Å². The molecule has 1 aromatic heterocycles. The summed E-state index contributed by atoms with van der Waals surface area (Å²) in [6.45, 7) is 0.547. The van der Waals surface area contributed by atoms with Crippen molar-refractivity contribution in [1.29, 1.82) is 0 Å². The molecular formula is C17H15N3. The summed E-state index contributed by atoms with van der Waals surface area (Å²) in [6.07, 6.45) is 1.79.